The summed E-state index contributed by atoms with van der Waals surface area (Å²) in [6.07, 6.45) is -7.56. The van der Waals surface area contributed by atoms with Gasteiger partial charge in [0.1, 0.15) is 5.82 Å². The molecule has 0 aromatic carbocycles. The van der Waals surface area contributed by atoms with Crippen LogP contribution in [0.1, 0.15) is 5.69 Å². The Morgan fingerprint density at radius 1 is 1.32 bits per heavy atom. The molecular formula is C9H11F5N4O. The van der Waals surface area contributed by atoms with E-state index in [4.69, 9.17) is 10.8 Å². The highest BCUT2D eigenvalue weighted by Crippen LogP contribution is 2.30. The maximum atomic E-state index is 12.5. The van der Waals surface area contributed by atoms with Gasteiger partial charge >= 0.3 is 6.18 Å². The van der Waals surface area contributed by atoms with Crippen molar-refractivity contribution in [3.63, 3.8) is 0 Å². The number of hydrogen-bond acceptors (Lipinski definition) is 5. The van der Waals surface area contributed by atoms with Gasteiger partial charge in [0, 0.05) is 12.6 Å². The first-order valence-corrected chi connectivity index (χ1v) is 5.09. The minimum absolute atomic E-state index is 0.294. The number of alkyl halides is 5. The Morgan fingerprint density at radius 2 is 1.95 bits per heavy atom. The first kappa shape index (κ1) is 15.3. The first-order chi connectivity index (χ1) is 8.74. The van der Waals surface area contributed by atoms with Crippen molar-refractivity contribution in [1.82, 2.24) is 9.97 Å². The second-order valence-corrected chi connectivity index (χ2v) is 3.53. The van der Waals surface area contributed by atoms with Crippen LogP contribution in [0.3, 0.4) is 0 Å². The van der Waals surface area contributed by atoms with Crippen LogP contribution in [0.25, 0.3) is 0 Å². The van der Waals surface area contributed by atoms with Crippen molar-refractivity contribution < 1.29 is 27.1 Å². The van der Waals surface area contributed by atoms with Crippen molar-refractivity contribution in [1.29, 1.82) is 0 Å². The largest absolute Gasteiger partial charge is 0.433 e. The van der Waals surface area contributed by atoms with E-state index in [2.05, 4.69) is 9.97 Å². The van der Waals surface area contributed by atoms with Gasteiger partial charge < -0.3 is 15.7 Å². The van der Waals surface area contributed by atoms with Gasteiger partial charge in [-0.15, -0.1) is 0 Å². The Balaban J connectivity index is 3.12. The van der Waals surface area contributed by atoms with Crippen LogP contribution < -0.4 is 10.6 Å². The zero-order valence-electron chi connectivity index (χ0n) is 9.53. The van der Waals surface area contributed by atoms with Crippen molar-refractivity contribution in [3.8, 4) is 0 Å². The summed E-state index contributed by atoms with van der Waals surface area (Å²) in [5.41, 5.74) is 3.80. The number of aliphatic hydroxyl groups is 1. The molecule has 1 rings (SSSR count). The molecule has 0 radical (unpaired) electrons. The van der Waals surface area contributed by atoms with E-state index in [-0.39, 0.29) is 6.54 Å². The Morgan fingerprint density at radius 3 is 2.42 bits per heavy atom. The standard InChI is InChI=1S/C9H11F5N4O/c10-6(11)4-18(1-2-19)7-3-5(9(12,13)14)16-8(15)17-7/h3,6,19H,1-2,4H2,(H2,15,16,17). The number of rotatable bonds is 5. The molecule has 10 heteroatoms. The van der Waals surface area contributed by atoms with E-state index < -0.39 is 43.2 Å². The molecule has 0 aliphatic heterocycles. The van der Waals surface area contributed by atoms with Gasteiger partial charge in [-0.1, -0.05) is 0 Å². The molecule has 5 nitrogen and oxygen atoms in total. The third kappa shape index (κ3) is 4.47. The summed E-state index contributed by atoms with van der Waals surface area (Å²) in [5.74, 6) is -1.09. The van der Waals surface area contributed by atoms with Crippen LogP contribution in [-0.2, 0) is 6.18 Å². The van der Waals surface area contributed by atoms with Crippen molar-refractivity contribution in [2.45, 2.75) is 12.6 Å². The lowest BCUT2D eigenvalue weighted by molar-refractivity contribution is -0.141. The summed E-state index contributed by atoms with van der Waals surface area (Å²) in [6, 6.07) is 0.508. The van der Waals surface area contributed by atoms with Gasteiger partial charge in [0.2, 0.25) is 5.95 Å². The smallest absolute Gasteiger partial charge is 0.395 e. The molecule has 0 fully saturated rings. The molecule has 0 spiro atoms. The van der Waals surface area contributed by atoms with E-state index >= 15 is 0 Å². The normalized spacial score (nSPS) is 11.9. The van der Waals surface area contributed by atoms with Crippen LogP contribution in [0, 0.1) is 0 Å². The fourth-order valence-corrected chi connectivity index (χ4v) is 1.35. The Bertz CT molecular complexity index is 426. The van der Waals surface area contributed by atoms with E-state index in [0.717, 1.165) is 4.90 Å². The van der Waals surface area contributed by atoms with Gasteiger partial charge in [-0.05, 0) is 0 Å². The molecule has 1 heterocycles. The number of hydrogen-bond donors (Lipinski definition) is 2. The van der Waals surface area contributed by atoms with Crippen LogP contribution in [0.15, 0.2) is 6.07 Å². The summed E-state index contributed by atoms with van der Waals surface area (Å²) in [7, 11) is 0. The fraction of sp³-hybridized carbons (Fsp3) is 0.556. The number of aliphatic hydroxyl groups excluding tert-OH is 1. The summed E-state index contributed by atoms with van der Waals surface area (Å²) in [6.45, 7) is -1.68. The highest BCUT2D eigenvalue weighted by molar-refractivity contribution is 5.44. The SMILES string of the molecule is Nc1nc(N(CCO)CC(F)F)cc(C(F)(F)F)n1. The number of nitrogens with zero attached hydrogens (tertiary/aromatic N) is 3. The number of halogens is 5. The highest BCUT2D eigenvalue weighted by Gasteiger charge is 2.34. The first-order valence-electron chi connectivity index (χ1n) is 5.09. The third-order valence-corrected chi connectivity index (χ3v) is 2.07. The Labute approximate surface area is 104 Å². The number of nitrogens with two attached hydrogens (primary N) is 1. The molecule has 0 amide bonds. The van der Waals surface area contributed by atoms with Crippen LogP contribution in [0.4, 0.5) is 33.7 Å². The monoisotopic (exact) mass is 286 g/mol. The van der Waals surface area contributed by atoms with Gasteiger partial charge in [-0.2, -0.15) is 18.2 Å². The lowest BCUT2D eigenvalue weighted by atomic mass is 10.3. The maximum Gasteiger partial charge on any atom is 0.433 e. The predicted octanol–water partition coefficient (Wildman–Crippen LogP) is 1.14. The Hall–Kier alpha value is -1.71. The lowest BCUT2D eigenvalue weighted by Gasteiger charge is -2.23. The molecule has 0 bridgehead atoms. The molecule has 1 aromatic rings. The molecule has 0 aliphatic carbocycles. The Kier molecular flexibility index (Phi) is 4.81. The van der Waals surface area contributed by atoms with Crippen LogP contribution in [-0.4, -0.2) is 41.2 Å². The van der Waals surface area contributed by atoms with Crippen molar-refractivity contribution in [2.75, 3.05) is 30.3 Å². The van der Waals surface area contributed by atoms with Gasteiger partial charge in [0.15, 0.2) is 5.69 Å². The molecule has 1 aromatic heterocycles. The molecule has 3 N–H and O–H groups in total. The number of aromatic nitrogens is 2. The highest BCUT2D eigenvalue weighted by atomic mass is 19.4. The van der Waals surface area contributed by atoms with Crippen LogP contribution in [0.5, 0.6) is 0 Å². The minimum Gasteiger partial charge on any atom is -0.395 e. The van der Waals surface area contributed by atoms with Gasteiger partial charge in [-0.25, -0.2) is 13.8 Å². The second kappa shape index (κ2) is 5.95. The van der Waals surface area contributed by atoms with Crippen LogP contribution >= 0.6 is 0 Å². The van der Waals surface area contributed by atoms with E-state index in [0.29, 0.717) is 6.07 Å². The van der Waals surface area contributed by atoms with Gasteiger partial charge in [-0.3, -0.25) is 0 Å². The molecular weight excluding hydrogens is 275 g/mol. The topological polar surface area (TPSA) is 75.3 Å². The average Bonchev–Trinajstić information content (AvgIpc) is 2.26. The van der Waals surface area contributed by atoms with E-state index in [1.807, 2.05) is 0 Å². The minimum atomic E-state index is -4.76. The van der Waals surface area contributed by atoms with Crippen LogP contribution in [0.2, 0.25) is 0 Å². The molecule has 19 heavy (non-hydrogen) atoms. The maximum absolute atomic E-state index is 12.5. The van der Waals surface area contributed by atoms with Crippen molar-refractivity contribution in [3.05, 3.63) is 11.8 Å². The van der Waals surface area contributed by atoms with E-state index in [1.165, 1.54) is 0 Å². The van der Waals surface area contributed by atoms with E-state index in [1.54, 1.807) is 0 Å². The van der Waals surface area contributed by atoms with Gasteiger partial charge in [0.05, 0.1) is 13.2 Å². The predicted molar refractivity (Wildman–Crippen MR) is 56.7 cm³/mol. The third-order valence-electron chi connectivity index (χ3n) is 2.07. The van der Waals surface area contributed by atoms with E-state index in [9.17, 15) is 22.0 Å². The van der Waals surface area contributed by atoms with Crippen molar-refractivity contribution >= 4 is 11.8 Å². The summed E-state index contributed by atoms with van der Waals surface area (Å²) in [5, 5.41) is 8.73. The van der Waals surface area contributed by atoms with Crippen molar-refractivity contribution in [2.24, 2.45) is 0 Å². The zero-order valence-corrected chi connectivity index (χ0v) is 9.53. The quantitative estimate of drug-likeness (QED) is 0.794. The second-order valence-electron chi connectivity index (χ2n) is 3.53. The summed E-state index contributed by atoms with van der Waals surface area (Å²) < 4.78 is 62.1. The molecule has 0 unspecified atom stereocenters. The average molecular weight is 286 g/mol. The number of nitrogen functional groups attached to an aromatic ring is 1. The zero-order chi connectivity index (χ0) is 14.6. The lowest BCUT2D eigenvalue weighted by Crippen LogP contribution is -2.33. The summed E-state index contributed by atoms with van der Waals surface area (Å²) >= 11 is 0. The molecule has 0 saturated heterocycles. The molecule has 108 valence electrons. The molecule has 0 atom stereocenters. The molecule has 0 saturated carbocycles. The fourth-order valence-electron chi connectivity index (χ4n) is 1.35. The van der Waals surface area contributed by atoms with Gasteiger partial charge in [0.25, 0.3) is 6.43 Å². The number of anilines is 2. The molecule has 0 aliphatic rings. The summed E-state index contributed by atoms with van der Waals surface area (Å²) in [4.78, 5) is 7.26.